The average Bonchev–Trinajstić information content (AvgIpc) is 3.56. The molecule has 1 saturated heterocycles. The van der Waals surface area contributed by atoms with Crippen molar-refractivity contribution in [3.05, 3.63) is 36.0 Å². The SMILES string of the molecule is CC[C@H](O)[C@@H](C)[C@H]1O[C@@H]1C[C@H](C)/C=C/C=C(\C)[C@H]1OC(=O)C[C@H](O)CCC(C)(C)[C@@H](C)/C=C/[C@@H]1C. The number of hydrogen-bond acceptors (Lipinski definition) is 5. The Morgan fingerprint density at radius 1 is 1.26 bits per heavy atom. The maximum absolute atomic E-state index is 12.6. The van der Waals surface area contributed by atoms with Crippen molar-refractivity contribution in [2.45, 2.75) is 118 Å². The quantitative estimate of drug-likeness (QED) is 0.189. The molecule has 0 unspecified atom stereocenters. The van der Waals surface area contributed by atoms with E-state index in [1.807, 2.05) is 26.0 Å². The molecule has 2 heterocycles. The number of esters is 1. The highest BCUT2D eigenvalue weighted by atomic mass is 16.6. The molecule has 2 aliphatic rings. The second kappa shape index (κ2) is 13.2. The van der Waals surface area contributed by atoms with Crippen LogP contribution < -0.4 is 0 Å². The zero-order chi connectivity index (χ0) is 26.3. The largest absolute Gasteiger partial charge is 0.457 e. The Kier molecular flexibility index (Phi) is 11.2. The Hall–Kier alpha value is -1.43. The van der Waals surface area contributed by atoms with Gasteiger partial charge in [-0.2, -0.15) is 0 Å². The van der Waals surface area contributed by atoms with Crippen LogP contribution in [0, 0.1) is 29.1 Å². The van der Waals surface area contributed by atoms with Crippen LogP contribution in [0.5, 0.6) is 0 Å². The minimum absolute atomic E-state index is 0.0305. The molecule has 0 amide bonds. The molecule has 0 spiro atoms. The first-order valence-electron chi connectivity index (χ1n) is 13.6. The van der Waals surface area contributed by atoms with Gasteiger partial charge in [-0.05, 0) is 55.4 Å². The van der Waals surface area contributed by atoms with Gasteiger partial charge in [0, 0.05) is 11.8 Å². The molecule has 0 aromatic heterocycles. The maximum atomic E-state index is 12.6. The Morgan fingerprint density at radius 3 is 2.60 bits per heavy atom. The summed E-state index contributed by atoms with van der Waals surface area (Å²) in [6, 6.07) is 0. The number of carbonyl (C=O) groups excluding carboxylic acids is 1. The van der Waals surface area contributed by atoms with E-state index >= 15 is 0 Å². The number of aliphatic hydroxyl groups is 2. The summed E-state index contributed by atoms with van der Waals surface area (Å²) in [4.78, 5) is 12.6. The summed E-state index contributed by atoms with van der Waals surface area (Å²) in [6.07, 6.45) is 12.8. The minimum atomic E-state index is -0.673. The van der Waals surface area contributed by atoms with Crippen LogP contribution >= 0.6 is 0 Å². The molecule has 0 aliphatic carbocycles. The molecule has 0 aromatic rings. The number of rotatable bonds is 8. The van der Waals surface area contributed by atoms with Gasteiger partial charge in [0.05, 0.1) is 30.8 Å². The molecule has 0 bridgehead atoms. The van der Waals surface area contributed by atoms with Crippen molar-refractivity contribution in [3.63, 3.8) is 0 Å². The summed E-state index contributed by atoms with van der Waals surface area (Å²) in [7, 11) is 0. The van der Waals surface area contributed by atoms with Crippen LogP contribution in [0.3, 0.4) is 0 Å². The third kappa shape index (κ3) is 9.18. The van der Waals surface area contributed by atoms with E-state index in [-0.39, 0.29) is 54.1 Å². The van der Waals surface area contributed by atoms with Gasteiger partial charge in [0.25, 0.3) is 0 Å². The number of epoxide rings is 1. The van der Waals surface area contributed by atoms with Gasteiger partial charge in [-0.3, -0.25) is 4.79 Å². The Labute approximate surface area is 213 Å². The minimum Gasteiger partial charge on any atom is -0.457 e. The fourth-order valence-corrected chi connectivity index (χ4v) is 4.90. The summed E-state index contributed by atoms with van der Waals surface area (Å²) in [5.41, 5.74) is 1.04. The topological polar surface area (TPSA) is 79.3 Å². The summed E-state index contributed by atoms with van der Waals surface area (Å²) in [5.74, 6) is 0.546. The van der Waals surface area contributed by atoms with E-state index in [0.717, 1.165) is 24.8 Å². The normalized spacial score (nSPS) is 35.9. The first kappa shape index (κ1) is 29.8. The van der Waals surface area contributed by atoms with Crippen molar-refractivity contribution in [2.24, 2.45) is 29.1 Å². The van der Waals surface area contributed by atoms with E-state index in [1.165, 1.54) is 0 Å². The van der Waals surface area contributed by atoms with Crippen molar-refractivity contribution >= 4 is 5.97 Å². The lowest BCUT2D eigenvalue weighted by atomic mass is 9.75. The van der Waals surface area contributed by atoms with E-state index < -0.39 is 6.10 Å². The van der Waals surface area contributed by atoms with Gasteiger partial charge in [-0.15, -0.1) is 0 Å². The molecule has 2 aliphatic heterocycles. The molecule has 9 atom stereocenters. The molecule has 5 nitrogen and oxygen atoms in total. The third-order valence-corrected chi connectivity index (χ3v) is 8.21. The molecule has 0 radical (unpaired) electrons. The van der Waals surface area contributed by atoms with Gasteiger partial charge in [0.1, 0.15) is 6.10 Å². The summed E-state index contributed by atoms with van der Waals surface area (Å²) >= 11 is 0. The predicted molar refractivity (Wildman–Crippen MR) is 142 cm³/mol. The first-order chi connectivity index (χ1) is 16.4. The van der Waals surface area contributed by atoms with E-state index in [4.69, 9.17) is 9.47 Å². The molecule has 1 fully saturated rings. The van der Waals surface area contributed by atoms with Crippen molar-refractivity contribution in [1.29, 1.82) is 0 Å². The van der Waals surface area contributed by atoms with Gasteiger partial charge in [-0.1, -0.05) is 78.8 Å². The number of ether oxygens (including phenoxy) is 2. The van der Waals surface area contributed by atoms with Gasteiger partial charge in [0.15, 0.2) is 0 Å². The fourth-order valence-electron chi connectivity index (χ4n) is 4.90. The van der Waals surface area contributed by atoms with E-state index in [9.17, 15) is 15.0 Å². The van der Waals surface area contributed by atoms with Gasteiger partial charge < -0.3 is 19.7 Å². The number of aliphatic hydroxyl groups excluding tert-OH is 2. The van der Waals surface area contributed by atoms with Crippen molar-refractivity contribution in [2.75, 3.05) is 0 Å². The van der Waals surface area contributed by atoms with E-state index in [0.29, 0.717) is 18.3 Å². The zero-order valence-electron chi connectivity index (χ0n) is 23.2. The average molecular weight is 491 g/mol. The van der Waals surface area contributed by atoms with Crippen LogP contribution in [-0.2, 0) is 14.3 Å². The van der Waals surface area contributed by atoms with Crippen molar-refractivity contribution in [3.8, 4) is 0 Å². The van der Waals surface area contributed by atoms with E-state index in [2.05, 4.69) is 59.8 Å². The van der Waals surface area contributed by atoms with E-state index in [1.54, 1.807) is 0 Å². The van der Waals surface area contributed by atoms with Crippen molar-refractivity contribution in [1.82, 2.24) is 0 Å². The number of carbonyl (C=O) groups is 1. The standard InChI is InChI=1S/C30H50O5/c1-9-25(32)23(6)29-26(34-29)17-19(2)11-10-12-20(3)28-21(4)13-14-22(5)30(7,8)16-15-24(31)18-27(33)35-28/h10-14,19,21-26,28-29,31-32H,9,15-18H2,1-8H3/b11-10+,14-13+,20-12+/t19-,21+,22+,23-,24-,25+,26-,28-,29-/m1/s1. The predicted octanol–water partition coefficient (Wildman–Crippen LogP) is 6.00. The highest BCUT2D eigenvalue weighted by Gasteiger charge is 2.44. The third-order valence-electron chi connectivity index (χ3n) is 8.21. The van der Waals surface area contributed by atoms with Crippen LogP contribution in [0.25, 0.3) is 0 Å². The van der Waals surface area contributed by atoms with Crippen LogP contribution in [0.15, 0.2) is 36.0 Å². The summed E-state index contributed by atoms with van der Waals surface area (Å²) in [6.45, 7) is 17.0. The Balaban J connectivity index is 2.04. The van der Waals surface area contributed by atoms with Gasteiger partial charge >= 0.3 is 5.97 Å². The lowest BCUT2D eigenvalue weighted by Crippen LogP contribution is -2.30. The number of cyclic esters (lactones) is 1. The summed E-state index contributed by atoms with van der Waals surface area (Å²) in [5, 5.41) is 20.4. The highest BCUT2D eigenvalue weighted by molar-refractivity contribution is 5.70. The van der Waals surface area contributed by atoms with Gasteiger partial charge in [-0.25, -0.2) is 0 Å². The second-order valence-corrected chi connectivity index (χ2v) is 11.8. The number of allylic oxidation sites excluding steroid dienone is 4. The molecule has 0 aromatic carbocycles. The Bertz CT molecular complexity index is 767. The maximum Gasteiger partial charge on any atom is 0.309 e. The first-order valence-corrected chi connectivity index (χ1v) is 13.6. The molecular formula is C30H50O5. The molecule has 2 rings (SSSR count). The molecule has 200 valence electrons. The fraction of sp³-hybridized carbons (Fsp3) is 0.767. The molecule has 0 saturated carbocycles. The number of hydrogen-bond donors (Lipinski definition) is 2. The van der Waals surface area contributed by atoms with Crippen LogP contribution in [0.4, 0.5) is 0 Å². The lowest BCUT2D eigenvalue weighted by molar-refractivity contribution is -0.151. The van der Waals surface area contributed by atoms with Crippen LogP contribution in [0.1, 0.15) is 87.5 Å². The molecule has 35 heavy (non-hydrogen) atoms. The Morgan fingerprint density at radius 2 is 1.94 bits per heavy atom. The second-order valence-electron chi connectivity index (χ2n) is 11.8. The van der Waals surface area contributed by atoms with Crippen molar-refractivity contribution < 1.29 is 24.5 Å². The highest BCUT2D eigenvalue weighted by Crippen LogP contribution is 2.37. The monoisotopic (exact) mass is 490 g/mol. The zero-order valence-corrected chi connectivity index (χ0v) is 23.2. The molecule has 2 N–H and O–H groups in total. The molecular weight excluding hydrogens is 440 g/mol. The summed E-state index contributed by atoms with van der Waals surface area (Å²) < 4.78 is 11.7. The van der Waals surface area contributed by atoms with Gasteiger partial charge in [0.2, 0.25) is 0 Å². The van der Waals surface area contributed by atoms with Crippen LogP contribution in [-0.4, -0.2) is 46.7 Å². The molecule has 5 heteroatoms. The van der Waals surface area contributed by atoms with Crippen LogP contribution in [0.2, 0.25) is 0 Å². The smallest absolute Gasteiger partial charge is 0.309 e. The lowest BCUT2D eigenvalue weighted by Gasteiger charge is -2.32.